The van der Waals surface area contributed by atoms with Crippen LogP contribution in [-0.2, 0) is 46.0 Å². The van der Waals surface area contributed by atoms with Gasteiger partial charge in [0.1, 0.15) is 18.2 Å². The van der Waals surface area contributed by atoms with Crippen LogP contribution in [0.4, 0.5) is 0 Å². The van der Waals surface area contributed by atoms with Crippen LogP contribution in [0.3, 0.4) is 0 Å². The molecule has 0 fully saturated rings. The molecule has 0 heterocycles. The molecule has 0 bridgehead atoms. The monoisotopic (exact) mass is 1420 g/mol. The van der Waals surface area contributed by atoms with E-state index in [2.05, 4.69) is 42.2 Å². The van der Waals surface area contributed by atoms with E-state index in [0.29, 0.717) is 23.6 Å². The van der Waals surface area contributed by atoms with Gasteiger partial charge in [0.25, 0.3) is 0 Å². The van der Waals surface area contributed by atoms with Gasteiger partial charge in [0.2, 0.25) is 0 Å². The molecule has 4 rings (SSSR count). The van der Waals surface area contributed by atoms with Crippen molar-refractivity contribution in [3.05, 3.63) is 158 Å². The number of rotatable bonds is 17. The number of Topliss-reactive ketones (excluding diaryl/α,β-unsaturated/α-hetero) is 3. The Labute approximate surface area is 665 Å². The molecule has 17 heteroatoms. The van der Waals surface area contributed by atoms with Gasteiger partial charge in [-0.3, -0.25) is 24.0 Å². The fourth-order valence-electron chi connectivity index (χ4n) is 4.34. The second kappa shape index (κ2) is 104. The number of hydrogen-bond acceptors (Lipinski definition) is 9. The average molecular weight is 1420 g/mol. The number of halogens is 1. The maximum Gasteiger partial charge on any atom is 0.306 e. The first-order valence-corrected chi connectivity index (χ1v) is 29.2. The Morgan fingerprint density at radius 1 is 0.477 bits per heavy atom. The minimum atomic E-state index is -0.706. The van der Waals surface area contributed by atoms with Crippen molar-refractivity contribution in [3.63, 3.8) is 0 Å². The van der Waals surface area contributed by atoms with Crippen LogP contribution in [0.1, 0.15) is 197 Å². The third kappa shape index (κ3) is 95.1. The molecule has 0 aliphatic carbocycles. The summed E-state index contributed by atoms with van der Waals surface area (Å²) in [6.45, 7) is 38.5. The van der Waals surface area contributed by atoms with Gasteiger partial charge in [0.15, 0.2) is 5.78 Å². The van der Waals surface area contributed by atoms with Crippen molar-refractivity contribution in [3.8, 4) is 11.8 Å². The summed E-state index contributed by atoms with van der Waals surface area (Å²) in [5.41, 5.74) is 5.02. The van der Waals surface area contributed by atoms with Crippen LogP contribution < -0.4 is 0 Å². The van der Waals surface area contributed by atoms with Crippen LogP contribution in [0.25, 0.3) is 5.57 Å². The summed E-state index contributed by atoms with van der Waals surface area (Å²) in [6, 6.07) is 38.7. The second-order valence-corrected chi connectivity index (χ2v) is 16.0. The van der Waals surface area contributed by atoms with Crippen molar-refractivity contribution in [1.82, 2.24) is 0 Å². The molecule has 4 aromatic rings. The summed E-state index contributed by atoms with van der Waals surface area (Å²) in [4.78, 5) is 51.7. The zero-order chi connectivity index (χ0) is 64.1. The van der Waals surface area contributed by atoms with Gasteiger partial charge >= 0.3 is 11.9 Å². The molecule has 86 heavy (non-hydrogen) atoms. The van der Waals surface area contributed by atoms with Gasteiger partial charge in [0.05, 0.1) is 18.4 Å². The van der Waals surface area contributed by atoms with Crippen molar-refractivity contribution < 1.29 is 226 Å². The van der Waals surface area contributed by atoms with Crippen molar-refractivity contribution in [2.75, 3.05) is 32.8 Å². The normalized spacial score (nSPS) is 9.26. The Balaban J connectivity index is -0.0000000502. The molecule has 4 unspecified atom stereocenters. The third-order valence-corrected chi connectivity index (χ3v) is 10.3. The molecule has 0 saturated heterocycles. The van der Waals surface area contributed by atoms with Crippen LogP contribution in [0.2, 0.25) is 0 Å². The smallest absolute Gasteiger partial charge is 0.306 e. The van der Waals surface area contributed by atoms with Crippen LogP contribution in [0.15, 0.2) is 128 Å². The molecular formula is C69H116Ar4ClO11Pd-. The third-order valence-electron chi connectivity index (χ3n) is 10.3. The summed E-state index contributed by atoms with van der Waals surface area (Å²) >= 11 is 4.64. The maximum atomic E-state index is 11.1. The van der Waals surface area contributed by atoms with Gasteiger partial charge in [-0.25, -0.2) is 0 Å². The Morgan fingerprint density at radius 2 is 0.767 bits per heavy atom. The first-order chi connectivity index (χ1) is 38.3. The second-order valence-electron chi connectivity index (χ2n) is 16.0. The molecule has 0 aromatic heterocycles. The number of carbonyl (C=O) groups is 5. The van der Waals surface area contributed by atoms with Crippen LogP contribution in [0, 0.1) is 194 Å². The largest absolute Gasteiger partial charge is 0.481 e. The number of carboxylic acid groups (broad SMARTS) is 2. The topological polar surface area (TPSA) is 207 Å². The van der Waals surface area contributed by atoms with E-state index in [1.807, 2.05) is 194 Å². The molecule has 0 aliphatic rings. The van der Waals surface area contributed by atoms with Gasteiger partial charge in [-0.2, -0.15) is 0 Å². The van der Waals surface area contributed by atoms with Crippen LogP contribution >= 0.6 is 11.6 Å². The summed E-state index contributed by atoms with van der Waals surface area (Å²) in [5.74, 6) is 4.70. The van der Waals surface area contributed by atoms with Gasteiger partial charge < -0.3 is 38.1 Å². The molecular weight excluding hydrogens is 1310 g/mol. The number of aliphatic hydroxyl groups is 4. The molecule has 0 spiro atoms. The van der Waals surface area contributed by atoms with Gasteiger partial charge in [-0.05, 0) is 87.6 Å². The zero-order valence-electron chi connectivity index (χ0n) is 55.9. The first-order valence-electron chi connectivity index (χ1n) is 28.4. The van der Waals surface area contributed by atoms with E-state index in [0.717, 1.165) is 55.2 Å². The number of aryl methyl sites for hydroxylation is 1. The van der Waals surface area contributed by atoms with E-state index in [-0.39, 0.29) is 241 Å². The SMILES string of the molecule is C=C(CCO)c1ccccc1.CC.CC.CC.CC.CCC(C)C(=O)O.CCC(C)C(=O)O.CCC(C)C(C)=O.CCC(C)C(C)=O.CCl.O=C(CCO)c1ccccc1.OCC#Cc1ccccc1.OCCCc1ccccc1.[Ar].[Ar].[Ar].[Ar].[CH3-].[Pd]. The molecule has 4 atom stereocenters. The number of carboxylic acids is 2. The number of benzene rings is 4. The zero-order valence-corrected chi connectivity index (χ0v) is 61.0. The van der Waals surface area contributed by atoms with Crippen molar-refractivity contribution in [1.29, 1.82) is 0 Å². The van der Waals surface area contributed by atoms with E-state index in [1.165, 1.54) is 11.9 Å². The summed E-state index contributed by atoms with van der Waals surface area (Å²) in [6.07, 6.45) is 7.56. The fourth-order valence-corrected chi connectivity index (χ4v) is 4.34. The standard InChI is InChI=1S/C10H12O.C9H10O2.C9H12O.C9H8O.2C6H12O.2C5H10O2.4C2H6.CH3Cl.CH3.4Ar.Pd/c1-9(7-8-11)10-5-3-2-4-6-10;10-7-6-9(11)8-4-2-1-3-5-8;2*10-8-4-7-9-5-2-1-3-6-9;2*1-4-5(2)6(3)7;2*1-3-4(2)5(6)7;5*1-2;;;;;;/h2-6,11H,1,7-8H2;1-5,10H,6-7H2;1-3,5-6,10H,4,7-8H2;1-3,5-6,10H,8H2;2*5H,4H2,1-3H3;2*4H,3H2,1-2H3,(H,6,7);4*1-2H3;1H3;1H3;;;;;/q;;;;;;;;;;;;;-1;;;;;. The molecule has 508 valence electrons. The molecule has 0 radical (unpaired) electrons. The van der Waals surface area contributed by atoms with E-state index in [9.17, 15) is 24.0 Å². The quantitative estimate of drug-likeness (QED) is 0.0193. The van der Waals surface area contributed by atoms with E-state index >= 15 is 0 Å². The van der Waals surface area contributed by atoms with E-state index in [4.69, 9.17) is 30.6 Å². The number of hydrogen-bond donors (Lipinski definition) is 6. The number of alkyl halides is 1. The van der Waals surface area contributed by atoms with Gasteiger partial charge in [-0.1, -0.05) is 238 Å². The van der Waals surface area contributed by atoms with E-state index < -0.39 is 11.9 Å². The minimum absolute atomic E-state index is 0. The Bertz CT molecular complexity index is 1860. The molecule has 6 N–H and O–H groups in total. The predicted octanol–water partition coefficient (Wildman–Crippen LogP) is 16.9. The summed E-state index contributed by atoms with van der Waals surface area (Å²) < 4.78 is 0. The number of ketones is 3. The minimum Gasteiger partial charge on any atom is -0.481 e. The first kappa shape index (κ1) is 123. The average Bonchev–Trinajstić information content (AvgIpc) is 3.51. The Kier molecular flexibility index (Phi) is 149. The Morgan fingerprint density at radius 3 is 1.00 bits per heavy atom. The summed E-state index contributed by atoms with van der Waals surface area (Å²) in [7, 11) is 0. The maximum absolute atomic E-state index is 11.1. The fraction of sp³-hybridized carbons (Fsp3) is 0.507. The molecule has 0 saturated carbocycles. The predicted molar refractivity (Wildman–Crippen MR) is 350 cm³/mol. The number of aliphatic carboxylic acids is 2. The molecule has 4 aromatic carbocycles. The van der Waals surface area contributed by atoms with Crippen molar-refractivity contribution in [2.24, 2.45) is 23.7 Å². The number of aliphatic hydroxyl groups excluding tert-OH is 4. The van der Waals surface area contributed by atoms with Gasteiger partial charge in [-0.15, -0.1) is 11.6 Å². The Hall–Kier alpha value is -0.0387. The van der Waals surface area contributed by atoms with Crippen LogP contribution in [-0.4, -0.2) is 92.7 Å². The van der Waals surface area contributed by atoms with Crippen molar-refractivity contribution in [2.45, 2.75) is 176 Å². The van der Waals surface area contributed by atoms with Crippen LogP contribution in [0.5, 0.6) is 0 Å². The number of carbonyl (C=O) groups excluding carboxylic acids is 3. The molecule has 11 nitrogen and oxygen atoms in total. The van der Waals surface area contributed by atoms with Crippen molar-refractivity contribution >= 4 is 46.5 Å². The van der Waals surface area contributed by atoms with Gasteiger partial charge in [0, 0.05) is 220 Å². The molecule has 0 aliphatic heterocycles. The summed E-state index contributed by atoms with van der Waals surface area (Å²) in [5, 5.41) is 50.4. The van der Waals surface area contributed by atoms with E-state index in [1.54, 1.807) is 39.8 Å². The molecule has 0 amide bonds.